The van der Waals surface area contributed by atoms with Crippen LogP contribution >= 0.6 is 0 Å². The fourth-order valence-corrected chi connectivity index (χ4v) is 5.92. The van der Waals surface area contributed by atoms with E-state index in [0.29, 0.717) is 5.92 Å². The van der Waals surface area contributed by atoms with E-state index in [1.807, 2.05) is 0 Å². The van der Waals surface area contributed by atoms with Crippen LogP contribution in [-0.2, 0) is 12.8 Å². The SMILES string of the molecule is C1=CCC2C(=C1)C(Cc1ccccc1)=C1CCCCC1C2Cc1ccccc1. The quantitative estimate of drug-likeness (QED) is 0.542. The highest BCUT2D eigenvalue weighted by Crippen LogP contribution is 2.52. The van der Waals surface area contributed by atoms with E-state index in [-0.39, 0.29) is 0 Å². The number of allylic oxidation sites excluding steroid dienone is 6. The molecule has 142 valence electrons. The first-order chi connectivity index (χ1) is 13.9. The highest BCUT2D eigenvalue weighted by atomic mass is 14.5. The van der Waals surface area contributed by atoms with Crippen LogP contribution in [0.2, 0.25) is 0 Å². The molecule has 1 fully saturated rings. The molecule has 1 saturated carbocycles. The number of benzene rings is 2. The van der Waals surface area contributed by atoms with Gasteiger partial charge < -0.3 is 0 Å². The zero-order valence-electron chi connectivity index (χ0n) is 16.7. The Morgan fingerprint density at radius 1 is 0.786 bits per heavy atom. The van der Waals surface area contributed by atoms with Crippen LogP contribution in [0.15, 0.2) is 95.6 Å². The molecule has 0 aromatic heterocycles. The van der Waals surface area contributed by atoms with Crippen molar-refractivity contribution in [3.8, 4) is 0 Å². The molecule has 0 heterocycles. The molecule has 3 unspecified atom stereocenters. The summed E-state index contributed by atoms with van der Waals surface area (Å²) in [5.41, 5.74) is 8.12. The summed E-state index contributed by atoms with van der Waals surface area (Å²) < 4.78 is 0. The van der Waals surface area contributed by atoms with Crippen molar-refractivity contribution in [2.75, 3.05) is 0 Å². The summed E-state index contributed by atoms with van der Waals surface area (Å²) >= 11 is 0. The van der Waals surface area contributed by atoms with Crippen LogP contribution in [0.4, 0.5) is 0 Å². The van der Waals surface area contributed by atoms with E-state index in [1.54, 1.807) is 16.7 Å². The predicted octanol–water partition coefficient (Wildman–Crippen LogP) is 7.09. The lowest BCUT2D eigenvalue weighted by Crippen LogP contribution is -2.36. The molecule has 3 aliphatic carbocycles. The predicted molar refractivity (Wildman–Crippen MR) is 118 cm³/mol. The Hall–Kier alpha value is -2.34. The van der Waals surface area contributed by atoms with Crippen molar-refractivity contribution < 1.29 is 0 Å². The Balaban J connectivity index is 1.56. The van der Waals surface area contributed by atoms with Gasteiger partial charge in [-0.05, 0) is 78.6 Å². The highest BCUT2D eigenvalue weighted by molar-refractivity contribution is 5.49. The van der Waals surface area contributed by atoms with Crippen molar-refractivity contribution >= 4 is 0 Å². The second-order valence-electron chi connectivity index (χ2n) is 8.76. The minimum atomic E-state index is 0.691. The Morgan fingerprint density at radius 2 is 1.54 bits per heavy atom. The average Bonchev–Trinajstić information content (AvgIpc) is 2.77. The topological polar surface area (TPSA) is 0 Å². The summed E-state index contributed by atoms with van der Waals surface area (Å²) in [6, 6.07) is 22.3. The fraction of sp³-hybridized carbons (Fsp3) is 0.357. The van der Waals surface area contributed by atoms with Gasteiger partial charge in [-0.15, -0.1) is 0 Å². The van der Waals surface area contributed by atoms with E-state index >= 15 is 0 Å². The maximum atomic E-state index is 2.45. The van der Waals surface area contributed by atoms with Crippen molar-refractivity contribution in [1.29, 1.82) is 0 Å². The average molecular weight is 367 g/mol. The summed E-state index contributed by atoms with van der Waals surface area (Å²) in [6.07, 6.45) is 16.2. The Labute approximate surface area is 169 Å². The van der Waals surface area contributed by atoms with Crippen LogP contribution in [0.3, 0.4) is 0 Å². The maximum Gasteiger partial charge on any atom is -0.00233 e. The minimum Gasteiger partial charge on any atom is -0.0839 e. The molecule has 0 spiro atoms. The molecule has 0 bridgehead atoms. The van der Waals surface area contributed by atoms with Gasteiger partial charge >= 0.3 is 0 Å². The van der Waals surface area contributed by atoms with Gasteiger partial charge in [0.1, 0.15) is 0 Å². The Morgan fingerprint density at radius 3 is 2.32 bits per heavy atom. The Kier molecular flexibility index (Phi) is 5.04. The molecule has 0 amide bonds. The molecule has 2 aromatic rings. The summed E-state index contributed by atoms with van der Waals surface area (Å²) in [6.45, 7) is 0. The molecule has 2 aromatic carbocycles. The lowest BCUT2D eigenvalue weighted by Gasteiger charge is -2.46. The van der Waals surface area contributed by atoms with E-state index in [2.05, 4.69) is 78.9 Å². The summed E-state index contributed by atoms with van der Waals surface area (Å²) in [7, 11) is 0. The van der Waals surface area contributed by atoms with Crippen molar-refractivity contribution in [3.05, 3.63) is 107 Å². The molecule has 28 heavy (non-hydrogen) atoms. The second kappa shape index (κ2) is 7.95. The highest BCUT2D eigenvalue weighted by Gasteiger charge is 2.41. The third-order valence-electron chi connectivity index (χ3n) is 7.17. The third kappa shape index (κ3) is 3.41. The van der Waals surface area contributed by atoms with Gasteiger partial charge in [0.25, 0.3) is 0 Å². The number of hydrogen-bond acceptors (Lipinski definition) is 0. The van der Waals surface area contributed by atoms with Crippen molar-refractivity contribution in [2.45, 2.75) is 44.9 Å². The normalized spacial score (nSPS) is 26.4. The maximum absolute atomic E-state index is 2.45. The van der Waals surface area contributed by atoms with Crippen molar-refractivity contribution in [3.63, 3.8) is 0 Å². The molecular formula is C28H30. The first-order valence-electron chi connectivity index (χ1n) is 11.1. The van der Waals surface area contributed by atoms with E-state index in [0.717, 1.165) is 18.3 Å². The zero-order chi connectivity index (χ0) is 18.8. The molecule has 0 aliphatic heterocycles. The molecule has 0 saturated heterocycles. The molecular weight excluding hydrogens is 336 g/mol. The number of fused-ring (bicyclic) bond motifs is 2. The lowest BCUT2D eigenvalue weighted by molar-refractivity contribution is 0.228. The number of rotatable bonds is 4. The van der Waals surface area contributed by atoms with Crippen LogP contribution in [0, 0.1) is 17.8 Å². The summed E-state index contributed by atoms with van der Waals surface area (Å²) in [4.78, 5) is 0. The van der Waals surface area contributed by atoms with E-state index < -0.39 is 0 Å². The molecule has 3 atom stereocenters. The van der Waals surface area contributed by atoms with Gasteiger partial charge in [-0.1, -0.05) is 90.9 Å². The fourth-order valence-electron chi connectivity index (χ4n) is 5.92. The van der Waals surface area contributed by atoms with E-state index in [4.69, 9.17) is 0 Å². The van der Waals surface area contributed by atoms with Gasteiger partial charge in [0, 0.05) is 0 Å². The van der Waals surface area contributed by atoms with Crippen LogP contribution in [0.5, 0.6) is 0 Å². The zero-order valence-corrected chi connectivity index (χ0v) is 16.7. The first kappa shape index (κ1) is 17.7. The van der Waals surface area contributed by atoms with Crippen molar-refractivity contribution in [2.24, 2.45) is 17.8 Å². The molecule has 0 heteroatoms. The summed E-state index contributed by atoms with van der Waals surface area (Å²) in [5, 5.41) is 0. The van der Waals surface area contributed by atoms with Gasteiger partial charge in [-0.2, -0.15) is 0 Å². The number of hydrogen-bond donors (Lipinski definition) is 0. The minimum absolute atomic E-state index is 0.691. The largest absolute Gasteiger partial charge is 0.0839 e. The van der Waals surface area contributed by atoms with Gasteiger partial charge in [-0.25, -0.2) is 0 Å². The molecule has 5 rings (SSSR count). The standard InChI is InChI=1S/C28H30/c1-3-11-21(12-4-1)19-27-23-15-7-9-17-25(23)28(20-22-13-5-2-6-14-22)26-18-10-8-16-24(26)27/h1-7,9,11-15,25-26,28H,8,10,16-20H2. The van der Waals surface area contributed by atoms with Crippen LogP contribution in [0.1, 0.15) is 43.2 Å². The van der Waals surface area contributed by atoms with E-state index in [1.165, 1.54) is 49.7 Å². The van der Waals surface area contributed by atoms with Crippen LogP contribution < -0.4 is 0 Å². The monoisotopic (exact) mass is 366 g/mol. The first-order valence-corrected chi connectivity index (χ1v) is 11.1. The smallest absolute Gasteiger partial charge is 0.00233 e. The molecule has 3 aliphatic rings. The van der Waals surface area contributed by atoms with Gasteiger partial charge in [0.2, 0.25) is 0 Å². The van der Waals surface area contributed by atoms with Gasteiger partial charge in [0.05, 0.1) is 0 Å². The van der Waals surface area contributed by atoms with E-state index in [9.17, 15) is 0 Å². The van der Waals surface area contributed by atoms with Gasteiger partial charge in [0.15, 0.2) is 0 Å². The third-order valence-corrected chi connectivity index (χ3v) is 7.17. The summed E-state index contributed by atoms with van der Waals surface area (Å²) in [5.74, 6) is 2.23. The van der Waals surface area contributed by atoms with Crippen LogP contribution in [0.25, 0.3) is 0 Å². The molecule has 0 radical (unpaired) electrons. The second-order valence-corrected chi connectivity index (χ2v) is 8.76. The van der Waals surface area contributed by atoms with Gasteiger partial charge in [-0.3, -0.25) is 0 Å². The molecule has 0 nitrogen and oxygen atoms in total. The molecule has 0 N–H and O–H groups in total. The lowest BCUT2D eigenvalue weighted by atomic mass is 9.59. The Bertz CT molecular complexity index is 898. The van der Waals surface area contributed by atoms with Crippen molar-refractivity contribution in [1.82, 2.24) is 0 Å². The van der Waals surface area contributed by atoms with Crippen LogP contribution in [-0.4, -0.2) is 0 Å².